The van der Waals surface area contributed by atoms with Gasteiger partial charge < -0.3 is 10.1 Å². The van der Waals surface area contributed by atoms with Gasteiger partial charge in [-0.3, -0.25) is 4.79 Å². The van der Waals surface area contributed by atoms with Crippen LogP contribution < -0.4 is 14.6 Å². The average Bonchev–Trinajstić information content (AvgIpc) is 2.65. The summed E-state index contributed by atoms with van der Waals surface area (Å²) >= 11 is 0. The molecule has 1 aromatic heterocycles. The third kappa shape index (κ3) is 6.12. The van der Waals surface area contributed by atoms with E-state index in [-0.39, 0.29) is 18.2 Å². The highest BCUT2D eigenvalue weighted by Crippen LogP contribution is 2.23. The third-order valence-electron chi connectivity index (χ3n) is 3.91. The molecule has 0 aliphatic rings. The number of benzene rings is 2. The van der Waals surface area contributed by atoms with E-state index >= 15 is 0 Å². The number of nitrogens with zero attached hydrogens (tertiary/aromatic N) is 1. The Balaban J connectivity index is 1.53. The molecule has 0 fully saturated rings. The molecule has 28 heavy (non-hydrogen) atoms. The summed E-state index contributed by atoms with van der Waals surface area (Å²) in [5.41, 5.74) is 2.72. The maximum absolute atomic E-state index is 12.2. The van der Waals surface area contributed by atoms with Crippen molar-refractivity contribution in [3.05, 3.63) is 90.3 Å². The van der Waals surface area contributed by atoms with Crippen LogP contribution in [0.5, 0.6) is 5.75 Å². The molecule has 1 N–H and O–H groups in total. The summed E-state index contributed by atoms with van der Waals surface area (Å²) in [4.78, 5) is 12.1. The van der Waals surface area contributed by atoms with Crippen molar-refractivity contribution in [1.29, 1.82) is 0 Å². The van der Waals surface area contributed by atoms with Crippen LogP contribution in [0.1, 0.15) is 11.1 Å². The zero-order chi connectivity index (χ0) is 20.0. The quantitative estimate of drug-likeness (QED) is 0.647. The van der Waals surface area contributed by atoms with Crippen molar-refractivity contribution >= 4 is 11.6 Å². The summed E-state index contributed by atoms with van der Waals surface area (Å²) in [6.07, 6.45) is -0.301. The molecule has 0 bridgehead atoms. The molecule has 4 nitrogen and oxygen atoms in total. The molecule has 2 aromatic carbocycles. The number of amides is 1. The standard InChI is InChI=1S/C21H17F3N2O2/c22-21(23,24)28-19-8-6-18(7-9-19)25-20(27)15-26-12-10-17(11-13-26)14-16-4-2-1-3-5-16/h1-13H,14-15H2/p+1. The fourth-order valence-corrected chi connectivity index (χ4v) is 2.65. The molecule has 144 valence electrons. The Labute approximate surface area is 160 Å². The highest BCUT2D eigenvalue weighted by Gasteiger charge is 2.30. The van der Waals surface area contributed by atoms with Crippen molar-refractivity contribution in [1.82, 2.24) is 0 Å². The van der Waals surface area contributed by atoms with Crippen molar-refractivity contribution in [3.63, 3.8) is 0 Å². The Bertz CT molecular complexity index is 909. The molecular formula is C21H18F3N2O2+. The predicted molar refractivity (Wildman–Crippen MR) is 97.6 cm³/mol. The van der Waals surface area contributed by atoms with Gasteiger partial charge in [0.05, 0.1) is 0 Å². The minimum absolute atomic E-state index is 0.0897. The molecule has 3 rings (SSSR count). The molecule has 0 unspecified atom stereocenters. The van der Waals surface area contributed by atoms with Crippen LogP contribution in [-0.2, 0) is 17.8 Å². The SMILES string of the molecule is O=C(C[n+]1ccc(Cc2ccccc2)cc1)Nc1ccc(OC(F)(F)F)cc1. The summed E-state index contributed by atoms with van der Waals surface area (Å²) in [7, 11) is 0. The number of anilines is 1. The number of nitrogens with one attached hydrogen (secondary N) is 1. The largest absolute Gasteiger partial charge is 0.573 e. The number of pyridine rings is 1. The van der Waals surface area contributed by atoms with Crippen LogP contribution in [0.15, 0.2) is 79.1 Å². The van der Waals surface area contributed by atoms with Crippen molar-refractivity contribution in [2.24, 2.45) is 0 Å². The molecule has 0 atom stereocenters. The van der Waals surface area contributed by atoms with Gasteiger partial charge in [-0.25, -0.2) is 0 Å². The van der Waals surface area contributed by atoms with E-state index < -0.39 is 6.36 Å². The maximum atomic E-state index is 12.2. The first kappa shape index (κ1) is 19.4. The van der Waals surface area contributed by atoms with Gasteiger partial charge in [-0.2, -0.15) is 4.57 Å². The van der Waals surface area contributed by atoms with Gasteiger partial charge in [0, 0.05) is 17.8 Å². The van der Waals surface area contributed by atoms with Gasteiger partial charge >= 0.3 is 6.36 Å². The first-order valence-corrected chi connectivity index (χ1v) is 8.55. The second kappa shape index (κ2) is 8.56. The lowest BCUT2D eigenvalue weighted by atomic mass is 10.1. The molecule has 1 heterocycles. The normalized spacial score (nSPS) is 11.1. The molecule has 0 radical (unpaired) electrons. The summed E-state index contributed by atoms with van der Waals surface area (Å²) in [6.45, 7) is 0.0897. The van der Waals surface area contributed by atoms with Crippen molar-refractivity contribution in [2.45, 2.75) is 19.3 Å². The van der Waals surface area contributed by atoms with E-state index in [0.717, 1.165) is 24.1 Å². The summed E-state index contributed by atoms with van der Waals surface area (Å²) in [5.74, 6) is -0.626. The zero-order valence-electron chi connectivity index (χ0n) is 14.8. The van der Waals surface area contributed by atoms with Crippen LogP contribution in [0.2, 0.25) is 0 Å². The van der Waals surface area contributed by atoms with Gasteiger partial charge in [-0.1, -0.05) is 30.3 Å². The molecule has 1 amide bonds. The van der Waals surface area contributed by atoms with Gasteiger partial charge in [0.25, 0.3) is 5.91 Å². The predicted octanol–water partition coefficient (Wildman–Crippen LogP) is 4.10. The first-order valence-electron chi connectivity index (χ1n) is 8.55. The van der Waals surface area contributed by atoms with E-state index in [1.165, 1.54) is 17.7 Å². The number of alkyl halides is 3. The van der Waals surface area contributed by atoms with E-state index in [1.54, 1.807) is 4.57 Å². The maximum Gasteiger partial charge on any atom is 0.573 e. The minimum Gasteiger partial charge on any atom is -0.406 e. The second-order valence-electron chi connectivity index (χ2n) is 6.16. The monoisotopic (exact) mass is 387 g/mol. The molecule has 0 aliphatic carbocycles. The molecule has 0 spiro atoms. The lowest BCUT2D eigenvalue weighted by Gasteiger charge is -2.09. The summed E-state index contributed by atoms with van der Waals surface area (Å²) < 4.78 is 42.0. The number of halogens is 3. The van der Waals surface area contributed by atoms with Crippen LogP contribution in [0.25, 0.3) is 0 Å². The van der Waals surface area contributed by atoms with Crippen LogP contribution in [0.4, 0.5) is 18.9 Å². The number of ether oxygens (including phenoxy) is 1. The number of hydrogen-bond donors (Lipinski definition) is 1. The van der Waals surface area contributed by atoms with E-state index in [9.17, 15) is 18.0 Å². The Hall–Kier alpha value is -3.35. The van der Waals surface area contributed by atoms with Crippen molar-refractivity contribution in [3.8, 4) is 5.75 Å². The van der Waals surface area contributed by atoms with E-state index in [1.807, 2.05) is 42.7 Å². The van der Waals surface area contributed by atoms with Gasteiger partial charge in [0.2, 0.25) is 6.54 Å². The topological polar surface area (TPSA) is 42.2 Å². The Morgan fingerprint density at radius 3 is 2.11 bits per heavy atom. The molecular weight excluding hydrogens is 369 g/mol. The van der Waals surface area contributed by atoms with Gasteiger partial charge in [0.15, 0.2) is 12.4 Å². The molecule has 0 saturated heterocycles. The van der Waals surface area contributed by atoms with Crippen LogP contribution in [0, 0.1) is 0 Å². The minimum atomic E-state index is -4.74. The lowest BCUT2D eigenvalue weighted by molar-refractivity contribution is -0.684. The Morgan fingerprint density at radius 2 is 1.50 bits per heavy atom. The average molecular weight is 387 g/mol. The number of carbonyl (C=O) groups excluding carboxylic acids is 1. The van der Waals surface area contributed by atoms with Gasteiger partial charge in [0.1, 0.15) is 5.75 Å². The lowest BCUT2D eigenvalue weighted by Crippen LogP contribution is -2.39. The van der Waals surface area contributed by atoms with Crippen molar-refractivity contribution < 1.29 is 27.3 Å². The number of aromatic nitrogens is 1. The fraction of sp³-hybridized carbons (Fsp3) is 0.143. The number of carbonyl (C=O) groups is 1. The molecule has 3 aromatic rings. The van der Waals surface area contributed by atoms with Crippen LogP contribution in [0.3, 0.4) is 0 Å². The number of hydrogen-bond acceptors (Lipinski definition) is 2. The summed E-state index contributed by atoms with van der Waals surface area (Å²) in [5, 5.41) is 2.64. The van der Waals surface area contributed by atoms with E-state index in [4.69, 9.17) is 0 Å². The zero-order valence-corrected chi connectivity index (χ0v) is 14.8. The van der Waals surface area contributed by atoms with Crippen LogP contribution in [-0.4, -0.2) is 12.3 Å². The highest BCUT2D eigenvalue weighted by atomic mass is 19.4. The fourth-order valence-electron chi connectivity index (χ4n) is 2.65. The second-order valence-corrected chi connectivity index (χ2v) is 6.16. The van der Waals surface area contributed by atoms with E-state index in [0.29, 0.717) is 5.69 Å². The van der Waals surface area contributed by atoms with Gasteiger partial charge in [-0.05, 0) is 41.8 Å². The highest BCUT2D eigenvalue weighted by molar-refractivity contribution is 5.89. The van der Waals surface area contributed by atoms with Crippen LogP contribution >= 0.6 is 0 Å². The third-order valence-corrected chi connectivity index (χ3v) is 3.91. The Kier molecular flexibility index (Phi) is 5.93. The molecule has 0 aliphatic heterocycles. The van der Waals surface area contributed by atoms with E-state index in [2.05, 4.69) is 22.2 Å². The Morgan fingerprint density at radius 1 is 0.893 bits per heavy atom. The van der Waals surface area contributed by atoms with Crippen molar-refractivity contribution in [2.75, 3.05) is 5.32 Å². The summed E-state index contributed by atoms with van der Waals surface area (Å²) in [6, 6.07) is 19.0. The van der Waals surface area contributed by atoms with Gasteiger partial charge in [-0.15, -0.1) is 13.2 Å². The number of rotatable bonds is 6. The molecule has 0 saturated carbocycles. The smallest absolute Gasteiger partial charge is 0.406 e. The molecule has 7 heteroatoms. The first-order chi connectivity index (χ1) is 13.4.